The summed E-state index contributed by atoms with van der Waals surface area (Å²) in [4.78, 5) is 36.8. The zero-order chi connectivity index (χ0) is 23.9. The highest BCUT2D eigenvalue weighted by Crippen LogP contribution is 2.34. The van der Waals surface area contributed by atoms with Crippen molar-refractivity contribution in [1.29, 1.82) is 0 Å². The fraction of sp³-hybridized carbons (Fsp3) is 0.125. The second-order valence-corrected chi connectivity index (χ2v) is 7.01. The maximum atomic E-state index is 13.7. The molecule has 1 aliphatic heterocycles. The first kappa shape index (κ1) is 22.6. The van der Waals surface area contributed by atoms with E-state index in [1.807, 2.05) is 0 Å². The molecule has 1 heterocycles. The lowest BCUT2D eigenvalue weighted by atomic mass is 10.2. The van der Waals surface area contributed by atoms with Crippen LogP contribution in [0.5, 0.6) is 17.2 Å². The summed E-state index contributed by atoms with van der Waals surface area (Å²) >= 11 is 0. The average molecular weight is 466 g/mol. The molecule has 0 bridgehead atoms. The maximum absolute atomic E-state index is 13.7. The molecule has 9 nitrogen and oxygen atoms in total. The molecule has 0 atom stereocenters. The Kier molecular flexibility index (Phi) is 6.87. The maximum Gasteiger partial charge on any atom is 0.342 e. The number of hydrogen-bond acceptors (Lipinski definition) is 7. The highest BCUT2D eigenvalue weighted by atomic mass is 19.1. The highest BCUT2D eigenvalue weighted by Gasteiger charge is 2.18. The number of nitrogens with one attached hydrogen (secondary N) is 2. The van der Waals surface area contributed by atoms with Crippen LogP contribution in [0.2, 0.25) is 0 Å². The first-order valence-corrected chi connectivity index (χ1v) is 10.1. The van der Waals surface area contributed by atoms with Gasteiger partial charge in [-0.3, -0.25) is 9.59 Å². The molecule has 2 N–H and O–H groups in total. The van der Waals surface area contributed by atoms with E-state index in [4.69, 9.17) is 18.9 Å². The summed E-state index contributed by atoms with van der Waals surface area (Å²) < 4.78 is 34.6. The Bertz CT molecular complexity index is 1230. The number of carbonyl (C=O) groups excluding carboxylic acids is 3. The predicted molar refractivity (Wildman–Crippen MR) is 118 cm³/mol. The third-order valence-corrected chi connectivity index (χ3v) is 4.60. The molecule has 0 fully saturated rings. The summed E-state index contributed by atoms with van der Waals surface area (Å²) in [5, 5.41) is 4.98. The molecule has 3 aromatic rings. The lowest BCUT2D eigenvalue weighted by Gasteiger charge is -2.12. The molecule has 4 rings (SSSR count). The van der Waals surface area contributed by atoms with E-state index in [0.29, 0.717) is 17.2 Å². The highest BCUT2D eigenvalue weighted by molar-refractivity contribution is 5.97. The van der Waals surface area contributed by atoms with E-state index >= 15 is 0 Å². The number of carbonyl (C=O) groups is 3. The number of fused-ring (bicyclic) bond motifs is 1. The molecule has 3 aromatic carbocycles. The van der Waals surface area contributed by atoms with Crippen LogP contribution in [0, 0.1) is 5.82 Å². The number of para-hydroxylation sites is 2. The van der Waals surface area contributed by atoms with Crippen molar-refractivity contribution in [3.8, 4) is 17.2 Å². The monoisotopic (exact) mass is 466 g/mol. The molecule has 174 valence electrons. The van der Waals surface area contributed by atoms with Crippen molar-refractivity contribution in [3.05, 3.63) is 78.1 Å². The van der Waals surface area contributed by atoms with E-state index < -0.39 is 36.8 Å². The Morgan fingerprint density at radius 3 is 2.44 bits per heavy atom. The van der Waals surface area contributed by atoms with Crippen LogP contribution < -0.4 is 24.8 Å². The number of halogens is 1. The smallest absolute Gasteiger partial charge is 0.342 e. The minimum absolute atomic E-state index is 0.0114. The van der Waals surface area contributed by atoms with Gasteiger partial charge in [0.05, 0.1) is 5.69 Å². The lowest BCUT2D eigenvalue weighted by Crippen LogP contribution is -2.23. The molecule has 10 heteroatoms. The lowest BCUT2D eigenvalue weighted by molar-refractivity contribution is -0.119. The Hall–Kier alpha value is -4.60. The van der Waals surface area contributed by atoms with Crippen LogP contribution in [0.1, 0.15) is 10.4 Å². The molecular formula is C24H19FN2O7. The van der Waals surface area contributed by atoms with Gasteiger partial charge in [-0.2, -0.15) is 0 Å². The van der Waals surface area contributed by atoms with Crippen molar-refractivity contribution in [2.45, 2.75) is 0 Å². The van der Waals surface area contributed by atoms with Crippen LogP contribution in [-0.2, 0) is 14.3 Å². The summed E-state index contributed by atoms with van der Waals surface area (Å²) in [5.41, 5.74) is 0.490. The summed E-state index contributed by atoms with van der Waals surface area (Å²) in [5.74, 6) is -1.42. The molecule has 0 spiro atoms. The normalized spacial score (nSPS) is 11.4. The van der Waals surface area contributed by atoms with Gasteiger partial charge in [0.25, 0.3) is 11.8 Å². The molecule has 34 heavy (non-hydrogen) atoms. The number of anilines is 2. The van der Waals surface area contributed by atoms with Gasteiger partial charge in [0, 0.05) is 11.8 Å². The quantitative estimate of drug-likeness (QED) is 0.490. The Morgan fingerprint density at radius 2 is 1.59 bits per heavy atom. The summed E-state index contributed by atoms with van der Waals surface area (Å²) in [7, 11) is 0. The van der Waals surface area contributed by atoms with E-state index in [1.165, 1.54) is 30.3 Å². The predicted octanol–water partition coefficient (Wildman–Crippen LogP) is 3.37. The summed E-state index contributed by atoms with van der Waals surface area (Å²) in [6, 6.07) is 16.7. The van der Waals surface area contributed by atoms with Gasteiger partial charge in [-0.1, -0.05) is 24.3 Å². The van der Waals surface area contributed by atoms with Crippen molar-refractivity contribution in [2.75, 3.05) is 30.6 Å². The molecule has 0 aliphatic carbocycles. The second-order valence-electron chi connectivity index (χ2n) is 7.01. The Balaban J connectivity index is 1.30. The topological polar surface area (TPSA) is 112 Å². The van der Waals surface area contributed by atoms with Crippen molar-refractivity contribution >= 4 is 29.2 Å². The number of hydrogen-bond donors (Lipinski definition) is 2. The van der Waals surface area contributed by atoms with Crippen molar-refractivity contribution in [2.24, 2.45) is 0 Å². The molecule has 0 saturated heterocycles. The fourth-order valence-corrected chi connectivity index (χ4v) is 3.03. The van der Waals surface area contributed by atoms with Gasteiger partial charge in [-0.05, 0) is 36.4 Å². The molecule has 0 unspecified atom stereocenters. The number of benzene rings is 3. The van der Waals surface area contributed by atoms with E-state index in [0.717, 1.165) is 0 Å². The third-order valence-electron chi connectivity index (χ3n) is 4.60. The SMILES string of the molecule is O=C(COC(=O)c1ccccc1OCC(=O)Nc1ccccc1F)Nc1ccc2c(c1)OCO2. The number of rotatable bonds is 8. The van der Waals surface area contributed by atoms with Crippen molar-refractivity contribution in [3.63, 3.8) is 0 Å². The first-order chi connectivity index (χ1) is 16.5. The van der Waals surface area contributed by atoms with Gasteiger partial charge >= 0.3 is 5.97 Å². The molecular weight excluding hydrogens is 447 g/mol. The van der Waals surface area contributed by atoms with Gasteiger partial charge in [-0.25, -0.2) is 9.18 Å². The van der Waals surface area contributed by atoms with Crippen LogP contribution >= 0.6 is 0 Å². The van der Waals surface area contributed by atoms with E-state index in [9.17, 15) is 18.8 Å². The van der Waals surface area contributed by atoms with Gasteiger partial charge in [0.2, 0.25) is 6.79 Å². The van der Waals surface area contributed by atoms with E-state index in [2.05, 4.69) is 10.6 Å². The van der Waals surface area contributed by atoms with E-state index in [1.54, 1.807) is 36.4 Å². The van der Waals surface area contributed by atoms with Crippen LogP contribution in [0.3, 0.4) is 0 Å². The Morgan fingerprint density at radius 1 is 0.853 bits per heavy atom. The Labute approximate surface area is 193 Å². The molecule has 0 radical (unpaired) electrons. The minimum Gasteiger partial charge on any atom is -0.483 e. The van der Waals surface area contributed by atoms with Crippen molar-refractivity contribution in [1.82, 2.24) is 0 Å². The summed E-state index contributed by atoms with van der Waals surface area (Å²) in [6.45, 7) is -0.908. The molecule has 0 saturated carbocycles. The minimum atomic E-state index is -0.814. The van der Waals surface area contributed by atoms with E-state index in [-0.39, 0.29) is 23.8 Å². The zero-order valence-electron chi connectivity index (χ0n) is 17.7. The van der Waals surface area contributed by atoms with Gasteiger partial charge in [-0.15, -0.1) is 0 Å². The average Bonchev–Trinajstić information content (AvgIpc) is 3.31. The van der Waals surface area contributed by atoms with Gasteiger partial charge in [0.15, 0.2) is 24.7 Å². The van der Waals surface area contributed by atoms with Crippen LogP contribution in [0.25, 0.3) is 0 Å². The van der Waals surface area contributed by atoms with Gasteiger partial charge in [0.1, 0.15) is 17.1 Å². The summed E-state index contributed by atoms with van der Waals surface area (Å²) in [6.07, 6.45) is 0. The van der Waals surface area contributed by atoms with Crippen LogP contribution in [0.4, 0.5) is 15.8 Å². The molecule has 1 aliphatic rings. The molecule has 2 amide bonds. The van der Waals surface area contributed by atoms with Crippen molar-refractivity contribution < 1.29 is 37.7 Å². The second kappa shape index (κ2) is 10.3. The van der Waals surface area contributed by atoms with Crippen LogP contribution in [0.15, 0.2) is 66.7 Å². The number of ether oxygens (including phenoxy) is 4. The number of amides is 2. The zero-order valence-corrected chi connectivity index (χ0v) is 17.7. The largest absolute Gasteiger partial charge is 0.483 e. The van der Waals surface area contributed by atoms with Gasteiger partial charge < -0.3 is 29.6 Å². The first-order valence-electron chi connectivity index (χ1n) is 10.1. The standard InChI is InChI=1S/C24H19FN2O7/c25-17-6-2-3-7-18(17)27-23(29)12-31-19-8-4-1-5-16(19)24(30)32-13-22(28)26-15-9-10-20-21(11-15)34-14-33-20/h1-11H,12-14H2,(H,26,28)(H,27,29). The molecule has 0 aromatic heterocycles. The third kappa shape index (κ3) is 5.60. The fourth-order valence-electron chi connectivity index (χ4n) is 3.03. The van der Waals surface area contributed by atoms with Crippen LogP contribution in [-0.4, -0.2) is 37.8 Å². The number of esters is 1.